The molecule has 2 aromatic rings. The van der Waals surface area contributed by atoms with Crippen LogP contribution in [0.2, 0.25) is 0 Å². The molecule has 0 saturated carbocycles. The van der Waals surface area contributed by atoms with Crippen LogP contribution in [-0.4, -0.2) is 62.1 Å². The van der Waals surface area contributed by atoms with Crippen molar-refractivity contribution in [3.63, 3.8) is 0 Å². The molecule has 3 rings (SSSR count). The largest absolute Gasteiger partial charge is 0.497 e. The number of hydrogen-bond donors (Lipinski definition) is 1. The molecule has 1 atom stereocenters. The van der Waals surface area contributed by atoms with Gasteiger partial charge in [-0.1, -0.05) is 29.8 Å². The molecular formula is C25H33N3O4. The van der Waals surface area contributed by atoms with Crippen molar-refractivity contribution in [3.05, 3.63) is 59.2 Å². The third-order valence-corrected chi connectivity index (χ3v) is 5.90. The van der Waals surface area contributed by atoms with Crippen molar-refractivity contribution >= 4 is 11.9 Å². The maximum Gasteiger partial charge on any atom is 0.317 e. The number of ether oxygens (including phenoxy) is 2. The highest BCUT2D eigenvalue weighted by Gasteiger charge is 2.25. The Morgan fingerprint density at radius 2 is 1.62 bits per heavy atom. The van der Waals surface area contributed by atoms with E-state index < -0.39 is 0 Å². The second-order valence-electron chi connectivity index (χ2n) is 8.13. The Labute approximate surface area is 190 Å². The highest BCUT2D eigenvalue weighted by atomic mass is 16.5. The smallest absolute Gasteiger partial charge is 0.317 e. The molecule has 1 fully saturated rings. The molecule has 32 heavy (non-hydrogen) atoms. The lowest BCUT2D eigenvalue weighted by Crippen LogP contribution is -2.53. The number of carbonyl (C=O) groups excluding carboxylic acids is 2. The fraction of sp³-hybridized carbons (Fsp3) is 0.440. The summed E-state index contributed by atoms with van der Waals surface area (Å²) >= 11 is 0. The van der Waals surface area contributed by atoms with Crippen LogP contribution in [0.1, 0.15) is 36.1 Å². The minimum atomic E-state index is -0.179. The molecular weight excluding hydrogens is 406 g/mol. The summed E-state index contributed by atoms with van der Waals surface area (Å²) in [6, 6.07) is 13.4. The molecule has 7 nitrogen and oxygen atoms in total. The summed E-state index contributed by atoms with van der Waals surface area (Å²) in [6.45, 7) is 6.13. The molecule has 3 amide bonds. The summed E-state index contributed by atoms with van der Waals surface area (Å²) in [4.78, 5) is 29.0. The molecule has 7 heteroatoms. The van der Waals surface area contributed by atoms with E-state index >= 15 is 0 Å². The molecule has 1 aliphatic heterocycles. The van der Waals surface area contributed by atoms with E-state index in [0.29, 0.717) is 39.0 Å². The number of methoxy groups -OCH3 is 2. The summed E-state index contributed by atoms with van der Waals surface area (Å²) in [5, 5.41) is 3.06. The fourth-order valence-electron chi connectivity index (χ4n) is 3.91. The summed E-state index contributed by atoms with van der Waals surface area (Å²) < 4.78 is 10.6. The zero-order valence-electron chi connectivity index (χ0n) is 19.4. The summed E-state index contributed by atoms with van der Waals surface area (Å²) in [7, 11) is 3.27. The van der Waals surface area contributed by atoms with Crippen LogP contribution in [0.5, 0.6) is 11.5 Å². The van der Waals surface area contributed by atoms with Crippen LogP contribution in [0.15, 0.2) is 42.5 Å². The third-order valence-electron chi connectivity index (χ3n) is 5.90. The zero-order valence-corrected chi connectivity index (χ0v) is 19.4. The Hall–Kier alpha value is -3.22. The quantitative estimate of drug-likeness (QED) is 0.716. The van der Waals surface area contributed by atoms with Crippen LogP contribution in [0.4, 0.5) is 4.79 Å². The molecule has 1 heterocycles. The van der Waals surface area contributed by atoms with Gasteiger partial charge in [-0.05, 0) is 44.0 Å². The van der Waals surface area contributed by atoms with Crippen LogP contribution in [0.3, 0.4) is 0 Å². The maximum absolute atomic E-state index is 12.8. The van der Waals surface area contributed by atoms with Crippen molar-refractivity contribution in [2.24, 2.45) is 0 Å². The van der Waals surface area contributed by atoms with Crippen LogP contribution >= 0.6 is 0 Å². The number of piperazine rings is 1. The van der Waals surface area contributed by atoms with Gasteiger partial charge in [-0.2, -0.15) is 0 Å². The van der Waals surface area contributed by atoms with Crippen molar-refractivity contribution in [3.8, 4) is 11.5 Å². The predicted molar refractivity (Wildman–Crippen MR) is 124 cm³/mol. The lowest BCUT2D eigenvalue weighted by molar-refractivity contribution is -0.132. The van der Waals surface area contributed by atoms with Crippen molar-refractivity contribution in [2.75, 3.05) is 40.4 Å². The van der Waals surface area contributed by atoms with Crippen molar-refractivity contribution < 1.29 is 19.1 Å². The van der Waals surface area contributed by atoms with Gasteiger partial charge in [0.15, 0.2) is 0 Å². The van der Waals surface area contributed by atoms with Gasteiger partial charge in [0.25, 0.3) is 0 Å². The monoisotopic (exact) mass is 439 g/mol. The summed E-state index contributed by atoms with van der Waals surface area (Å²) in [6.07, 6.45) is 1.15. The highest BCUT2D eigenvalue weighted by molar-refractivity contribution is 5.78. The molecule has 0 bridgehead atoms. The number of nitrogens with one attached hydrogen (secondary N) is 1. The first-order valence-corrected chi connectivity index (χ1v) is 11.0. The third kappa shape index (κ3) is 5.93. The van der Waals surface area contributed by atoms with E-state index in [1.54, 1.807) is 19.1 Å². The highest BCUT2D eigenvalue weighted by Crippen LogP contribution is 2.26. The lowest BCUT2D eigenvalue weighted by Gasteiger charge is -2.35. The molecule has 1 N–H and O–H groups in total. The normalized spacial score (nSPS) is 14.6. The Bertz CT molecular complexity index is 921. The van der Waals surface area contributed by atoms with E-state index in [2.05, 4.69) is 5.32 Å². The Morgan fingerprint density at radius 3 is 2.25 bits per heavy atom. The summed E-state index contributed by atoms with van der Waals surface area (Å²) in [5.41, 5.74) is 3.18. The summed E-state index contributed by atoms with van der Waals surface area (Å²) in [5.74, 6) is 1.69. The Kier molecular flexibility index (Phi) is 7.98. The topological polar surface area (TPSA) is 71.1 Å². The van der Waals surface area contributed by atoms with Crippen LogP contribution < -0.4 is 14.8 Å². The molecule has 0 aromatic heterocycles. The number of nitrogens with zero attached hydrogens (tertiary/aromatic N) is 2. The molecule has 0 spiro atoms. The SMILES string of the molecule is COc1ccc(CCC(=O)N2CCN(C(=O)NC(C)c3cc(C)ccc3OC)CC2)cc1. The number of carbonyl (C=O) groups is 2. The average Bonchev–Trinajstić information content (AvgIpc) is 2.82. The molecule has 1 saturated heterocycles. The second kappa shape index (κ2) is 10.9. The van der Waals surface area contributed by atoms with E-state index in [1.165, 1.54) is 0 Å². The first-order chi connectivity index (χ1) is 15.4. The van der Waals surface area contributed by atoms with Gasteiger partial charge in [0.2, 0.25) is 5.91 Å². The van der Waals surface area contributed by atoms with Crippen molar-refractivity contribution in [2.45, 2.75) is 32.7 Å². The number of hydrogen-bond acceptors (Lipinski definition) is 4. The van der Waals surface area contributed by atoms with Gasteiger partial charge in [-0.25, -0.2) is 4.79 Å². The molecule has 0 radical (unpaired) electrons. The number of aryl methyl sites for hydroxylation is 2. The second-order valence-corrected chi connectivity index (χ2v) is 8.13. The molecule has 0 aliphatic carbocycles. The number of rotatable bonds is 7. The van der Waals surface area contributed by atoms with Gasteiger partial charge >= 0.3 is 6.03 Å². The molecule has 172 valence electrons. The van der Waals surface area contributed by atoms with Gasteiger partial charge < -0.3 is 24.6 Å². The minimum absolute atomic E-state index is 0.119. The van der Waals surface area contributed by atoms with E-state index in [1.807, 2.05) is 61.2 Å². The minimum Gasteiger partial charge on any atom is -0.497 e. The van der Waals surface area contributed by atoms with Crippen molar-refractivity contribution in [1.82, 2.24) is 15.1 Å². The Morgan fingerprint density at radius 1 is 0.969 bits per heavy atom. The van der Waals surface area contributed by atoms with Crippen LogP contribution in [0, 0.1) is 6.92 Å². The van der Waals surface area contributed by atoms with E-state index in [0.717, 1.165) is 28.2 Å². The zero-order chi connectivity index (χ0) is 23.1. The van der Waals surface area contributed by atoms with Crippen LogP contribution in [0.25, 0.3) is 0 Å². The van der Waals surface area contributed by atoms with Gasteiger partial charge in [0.05, 0.1) is 20.3 Å². The lowest BCUT2D eigenvalue weighted by atomic mass is 10.0. The predicted octanol–water partition coefficient (Wildman–Crippen LogP) is 3.56. The van der Waals surface area contributed by atoms with Gasteiger partial charge in [0, 0.05) is 38.2 Å². The van der Waals surface area contributed by atoms with Gasteiger partial charge in [-0.3, -0.25) is 4.79 Å². The number of benzene rings is 2. The average molecular weight is 440 g/mol. The Balaban J connectivity index is 1.46. The van der Waals surface area contributed by atoms with E-state index in [9.17, 15) is 9.59 Å². The first kappa shape index (κ1) is 23.4. The molecule has 1 aliphatic rings. The standard InChI is InChI=1S/C25H33N3O4/c1-18-5-11-23(32-4)22(17-18)19(2)26-25(30)28-15-13-27(14-16-28)24(29)12-8-20-6-9-21(31-3)10-7-20/h5-7,9-11,17,19H,8,12-16H2,1-4H3,(H,26,30). The fourth-order valence-corrected chi connectivity index (χ4v) is 3.91. The maximum atomic E-state index is 12.8. The van der Waals surface area contributed by atoms with E-state index in [4.69, 9.17) is 9.47 Å². The molecule has 1 unspecified atom stereocenters. The van der Waals surface area contributed by atoms with E-state index in [-0.39, 0.29) is 18.0 Å². The first-order valence-electron chi connectivity index (χ1n) is 11.0. The number of urea groups is 1. The van der Waals surface area contributed by atoms with Gasteiger partial charge in [-0.15, -0.1) is 0 Å². The number of amides is 3. The van der Waals surface area contributed by atoms with Crippen LogP contribution in [-0.2, 0) is 11.2 Å². The van der Waals surface area contributed by atoms with Gasteiger partial charge in [0.1, 0.15) is 11.5 Å². The molecule has 2 aromatic carbocycles. The van der Waals surface area contributed by atoms with Crippen molar-refractivity contribution in [1.29, 1.82) is 0 Å².